The Morgan fingerprint density at radius 1 is 1.46 bits per heavy atom. The zero-order valence-corrected chi connectivity index (χ0v) is 16.2. The van der Waals surface area contributed by atoms with E-state index in [0.717, 1.165) is 29.0 Å². The zero-order valence-electron chi connectivity index (χ0n) is 13.8. The summed E-state index contributed by atoms with van der Waals surface area (Å²) in [6.45, 7) is 5.99. The molecule has 2 N–H and O–H groups in total. The van der Waals surface area contributed by atoms with Crippen LogP contribution in [0.5, 0.6) is 0 Å². The van der Waals surface area contributed by atoms with Crippen molar-refractivity contribution in [1.29, 1.82) is 0 Å². The molecule has 0 bridgehead atoms. The monoisotopic (exact) mass is 408 g/mol. The van der Waals surface area contributed by atoms with E-state index in [1.165, 1.54) is 22.5 Å². The van der Waals surface area contributed by atoms with Gasteiger partial charge >= 0.3 is 0 Å². The second-order valence-corrected chi connectivity index (χ2v) is 9.10. The Kier molecular flexibility index (Phi) is 5.11. The second kappa shape index (κ2) is 6.96. The number of hydrogen-bond acceptors (Lipinski definition) is 4. The van der Waals surface area contributed by atoms with E-state index in [1.807, 2.05) is 37.4 Å². The zero-order chi connectivity index (χ0) is 17.3. The Bertz CT molecular complexity index is 752. The van der Waals surface area contributed by atoms with Gasteiger partial charge < -0.3 is 10.4 Å². The van der Waals surface area contributed by atoms with Crippen molar-refractivity contribution in [2.75, 3.05) is 18.4 Å². The standard InChI is InChI=1S/C18H21BrN2O2S/c1-18(2,23)11-21-7-6-14-12(9-21)4-3-5-15(14)20-17(22)13-8-16(19)24-10-13/h3-5,8,10,23H,6-7,9,11H2,1-2H3,(H,20,22). The van der Waals surface area contributed by atoms with E-state index in [0.29, 0.717) is 12.1 Å². The maximum atomic E-state index is 12.4. The van der Waals surface area contributed by atoms with Crippen molar-refractivity contribution in [3.63, 3.8) is 0 Å². The van der Waals surface area contributed by atoms with Gasteiger partial charge in [-0.3, -0.25) is 9.69 Å². The van der Waals surface area contributed by atoms with E-state index in [4.69, 9.17) is 0 Å². The number of nitrogens with one attached hydrogen (secondary N) is 1. The Hall–Kier alpha value is -1.21. The van der Waals surface area contributed by atoms with Gasteiger partial charge in [-0.25, -0.2) is 0 Å². The summed E-state index contributed by atoms with van der Waals surface area (Å²) < 4.78 is 0.949. The third-order valence-electron chi connectivity index (χ3n) is 4.03. The van der Waals surface area contributed by atoms with Gasteiger partial charge in [-0.1, -0.05) is 12.1 Å². The number of anilines is 1. The molecule has 0 unspecified atom stereocenters. The van der Waals surface area contributed by atoms with Crippen molar-refractivity contribution in [3.8, 4) is 0 Å². The van der Waals surface area contributed by atoms with Gasteiger partial charge in [-0.15, -0.1) is 11.3 Å². The van der Waals surface area contributed by atoms with Crippen LogP contribution in [0, 0.1) is 0 Å². The molecule has 1 aliphatic heterocycles. The minimum absolute atomic E-state index is 0.0794. The Balaban J connectivity index is 1.76. The number of amides is 1. The number of carbonyl (C=O) groups is 1. The van der Waals surface area contributed by atoms with E-state index in [9.17, 15) is 9.90 Å². The molecule has 2 aromatic rings. The molecule has 0 saturated carbocycles. The normalized spacial score (nSPS) is 15.2. The largest absolute Gasteiger partial charge is 0.389 e. The molecular formula is C18H21BrN2O2S. The maximum absolute atomic E-state index is 12.4. The molecule has 0 fully saturated rings. The molecule has 1 amide bonds. The summed E-state index contributed by atoms with van der Waals surface area (Å²) in [5.41, 5.74) is 3.28. The summed E-state index contributed by atoms with van der Waals surface area (Å²) in [5.74, 6) is -0.0794. The lowest BCUT2D eigenvalue weighted by atomic mass is 9.96. The first-order valence-corrected chi connectivity index (χ1v) is 9.60. The van der Waals surface area contributed by atoms with E-state index in [1.54, 1.807) is 0 Å². The Morgan fingerprint density at radius 2 is 2.25 bits per heavy atom. The highest BCUT2D eigenvalue weighted by atomic mass is 79.9. The van der Waals surface area contributed by atoms with Crippen LogP contribution in [0.25, 0.3) is 0 Å². The molecule has 3 rings (SSSR count). The number of fused-ring (bicyclic) bond motifs is 1. The fraction of sp³-hybridized carbons (Fsp3) is 0.389. The second-order valence-electron chi connectivity index (χ2n) is 6.81. The van der Waals surface area contributed by atoms with Crippen LogP contribution in [-0.2, 0) is 13.0 Å². The van der Waals surface area contributed by atoms with Crippen molar-refractivity contribution in [3.05, 3.63) is 50.1 Å². The highest BCUT2D eigenvalue weighted by molar-refractivity contribution is 9.11. The SMILES string of the molecule is CC(C)(O)CN1CCc2c(cccc2NC(=O)c2csc(Br)c2)C1. The van der Waals surface area contributed by atoms with Crippen LogP contribution in [0.1, 0.15) is 35.3 Å². The Morgan fingerprint density at radius 3 is 2.92 bits per heavy atom. The van der Waals surface area contributed by atoms with Gasteiger partial charge in [0.05, 0.1) is 15.0 Å². The van der Waals surface area contributed by atoms with Crippen LogP contribution in [0.2, 0.25) is 0 Å². The van der Waals surface area contributed by atoms with Crippen molar-refractivity contribution in [1.82, 2.24) is 4.90 Å². The van der Waals surface area contributed by atoms with Crippen LogP contribution >= 0.6 is 27.3 Å². The number of hydrogen-bond donors (Lipinski definition) is 2. The molecule has 0 atom stereocenters. The van der Waals surface area contributed by atoms with Crippen molar-refractivity contribution >= 4 is 38.9 Å². The molecule has 6 heteroatoms. The predicted octanol–water partition coefficient (Wildman–Crippen LogP) is 3.89. The smallest absolute Gasteiger partial charge is 0.256 e. The first-order valence-electron chi connectivity index (χ1n) is 7.93. The lowest BCUT2D eigenvalue weighted by Crippen LogP contribution is -2.41. The minimum atomic E-state index is -0.699. The van der Waals surface area contributed by atoms with Gasteiger partial charge in [0.1, 0.15) is 0 Å². The van der Waals surface area contributed by atoms with E-state index in [-0.39, 0.29) is 5.91 Å². The third kappa shape index (κ3) is 4.25. The van der Waals surface area contributed by atoms with Crippen LogP contribution in [0.15, 0.2) is 33.4 Å². The molecule has 0 saturated heterocycles. The number of benzene rings is 1. The van der Waals surface area contributed by atoms with Crippen molar-refractivity contribution in [2.24, 2.45) is 0 Å². The van der Waals surface area contributed by atoms with E-state index in [2.05, 4.69) is 32.2 Å². The van der Waals surface area contributed by atoms with Gasteiger partial charge in [0.2, 0.25) is 0 Å². The third-order valence-corrected chi connectivity index (χ3v) is 5.54. The molecule has 1 aromatic heterocycles. The Labute approximate surface area is 154 Å². The van der Waals surface area contributed by atoms with Gasteiger partial charge in [-0.05, 0) is 59.5 Å². The molecule has 1 aromatic carbocycles. The van der Waals surface area contributed by atoms with Crippen LogP contribution in [-0.4, -0.2) is 34.6 Å². The number of carbonyl (C=O) groups excluding carboxylic acids is 1. The summed E-state index contributed by atoms with van der Waals surface area (Å²) in [6.07, 6.45) is 0.870. The maximum Gasteiger partial charge on any atom is 0.256 e. The molecule has 128 valence electrons. The molecule has 0 spiro atoms. The number of nitrogens with zero attached hydrogens (tertiary/aromatic N) is 1. The number of rotatable bonds is 4. The van der Waals surface area contributed by atoms with Gasteiger partial charge in [0, 0.05) is 30.7 Å². The summed E-state index contributed by atoms with van der Waals surface area (Å²) in [4.78, 5) is 14.7. The fourth-order valence-corrected chi connectivity index (χ4v) is 4.23. The molecule has 0 radical (unpaired) electrons. The lowest BCUT2D eigenvalue weighted by Gasteiger charge is -2.33. The van der Waals surface area contributed by atoms with Crippen LogP contribution in [0.4, 0.5) is 5.69 Å². The molecule has 1 aliphatic rings. The summed E-state index contributed by atoms with van der Waals surface area (Å²) in [7, 11) is 0. The number of halogens is 1. The highest BCUT2D eigenvalue weighted by Crippen LogP contribution is 2.28. The van der Waals surface area contributed by atoms with Gasteiger partial charge in [-0.2, -0.15) is 0 Å². The molecular weight excluding hydrogens is 388 g/mol. The first kappa shape index (κ1) is 17.6. The van der Waals surface area contributed by atoms with E-state index >= 15 is 0 Å². The van der Waals surface area contributed by atoms with Gasteiger partial charge in [0.15, 0.2) is 0 Å². The minimum Gasteiger partial charge on any atom is -0.389 e. The lowest BCUT2D eigenvalue weighted by molar-refractivity contribution is 0.0318. The molecule has 4 nitrogen and oxygen atoms in total. The molecule has 0 aliphatic carbocycles. The van der Waals surface area contributed by atoms with Crippen molar-refractivity contribution in [2.45, 2.75) is 32.4 Å². The average Bonchev–Trinajstić information content (AvgIpc) is 2.92. The number of thiophene rings is 1. The molecule has 24 heavy (non-hydrogen) atoms. The van der Waals surface area contributed by atoms with Gasteiger partial charge in [0.25, 0.3) is 5.91 Å². The van der Waals surface area contributed by atoms with Crippen LogP contribution in [0.3, 0.4) is 0 Å². The summed E-state index contributed by atoms with van der Waals surface area (Å²) in [5, 5.41) is 14.9. The van der Waals surface area contributed by atoms with Crippen molar-refractivity contribution < 1.29 is 9.90 Å². The van der Waals surface area contributed by atoms with E-state index < -0.39 is 5.60 Å². The highest BCUT2D eigenvalue weighted by Gasteiger charge is 2.24. The number of β-amino-alcohol motifs (C(OH)–C–C–N with tert-alkyl or cyclic N) is 1. The molecule has 2 heterocycles. The average molecular weight is 409 g/mol. The quantitative estimate of drug-likeness (QED) is 0.806. The first-order chi connectivity index (χ1) is 11.3. The predicted molar refractivity (Wildman–Crippen MR) is 102 cm³/mol. The topological polar surface area (TPSA) is 52.6 Å². The number of aliphatic hydroxyl groups is 1. The van der Waals surface area contributed by atoms with Crippen LogP contribution < -0.4 is 5.32 Å². The fourth-order valence-electron chi connectivity index (χ4n) is 3.09. The summed E-state index contributed by atoms with van der Waals surface area (Å²) >= 11 is 4.89. The summed E-state index contributed by atoms with van der Waals surface area (Å²) in [6, 6.07) is 7.87.